The second-order valence-corrected chi connectivity index (χ2v) is 5.98. The number of aryl methyl sites for hydroxylation is 3. The largest absolute Gasteiger partial charge is 0.352 e. The zero-order chi connectivity index (χ0) is 16.2. The fourth-order valence-corrected chi connectivity index (χ4v) is 2.77. The summed E-state index contributed by atoms with van der Waals surface area (Å²) in [5, 5.41) is 4.26. The molecule has 23 heavy (non-hydrogen) atoms. The number of hydrogen-bond acceptors (Lipinski definition) is 1. The van der Waals surface area contributed by atoms with Crippen molar-refractivity contribution in [2.75, 3.05) is 6.54 Å². The Morgan fingerprint density at radius 2 is 1.87 bits per heavy atom. The highest BCUT2D eigenvalue weighted by Crippen LogP contribution is 2.15. The summed E-state index contributed by atoms with van der Waals surface area (Å²) >= 11 is 0. The van der Waals surface area contributed by atoms with E-state index in [-0.39, 0.29) is 5.91 Å². The van der Waals surface area contributed by atoms with Gasteiger partial charge in [0.05, 0.1) is 0 Å². The maximum Gasteiger partial charge on any atom is 0.251 e. The van der Waals surface area contributed by atoms with Gasteiger partial charge in [0.2, 0.25) is 0 Å². The molecule has 0 aliphatic rings. The van der Waals surface area contributed by atoms with Crippen molar-refractivity contribution in [3.8, 4) is 0 Å². The molecular formula is C20H22N2O. The van der Waals surface area contributed by atoms with E-state index < -0.39 is 0 Å². The summed E-state index contributed by atoms with van der Waals surface area (Å²) in [5.74, 6) is 0.00506. The Labute approximate surface area is 136 Å². The van der Waals surface area contributed by atoms with Crippen LogP contribution in [-0.2, 0) is 6.54 Å². The molecule has 3 aromatic rings. The number of aromatic nitrogens is 1. The van der Waals surface area contributed by atoms with Gasteiger partial charge in [-0.05, 0) is 61.0 Å². The maximum absolute atomic E-state index is 12.2. The average molecular weight is 306 g/mol. The van der Waals surface area contributed by atoms with Crippen molar-refractivity contribution in [3.63, 3.8) is 0 Å². The molecule has 0 saturated carbocycles. The van der Waals surface area contributed by atoms with Gasteiger partial charge in [-0.2, -0.15) is 0 Å². The number of hydrogen-bond donors (Lipinski definition) is 1. The normalized spacial score (nSPS) is 10.9. The molecule has 0 aliphatic carbocycles. The Hall–Kier alpha value is -2.55. The standard InChI is InChI=1S/C20H22N2O/c1-15-8-9-18(14-16(15)2)20(23)21-11-5-12-22-13-10-17-6-3-4-7-19(17)22/h3-4,6-10,13-14H,5,11-12H2,1-2H3,(H,21,23). The molecule has 0 bridgehead atoms. The fourth-order valence-electron chi connectivity index (χ4n) is 2.77. The van der Waals surface area contributed by atoms with Crippen molar-refractivity contribution in [1.29, 1.82) is 0 Å². The number of nitrogens with zero attached hydrogens (tertiary/aromatic N) is 1. The summed E-state index contributed by atoms with van der Waals surface area (Å²) in [5.41, 5.74) is 4.34. The minimum Gasteiger partial charge on any atom is -0.352 e. The van der Waals surface area contributed by atoms with Crippen LogP contribution in [0.3, 0.4) is 0 Å². The van der Waals surface area contributed by atoms with Gasteiger partial charge in [-0.3, -0.25) is 4.79 Å². The summed E-state index contributed by atoms with van der Waals surface area (Å²) in [6, 6.07) is 16.3. The van der Waals surface area contributed by atoms with Crippen LogP contribution in [0.25, 0.3) is 10.9 Å². The van der Waals surface area contributed by atoms with E-state index in [0.29, 0.717) is 6.54 Å². The lowest BCUT2D eigenvalue weighted by molar-refractivity contribution is 0.0952. The van der Waals surface area contributed by atoms with Crippen LogP contribution in [0.2, 0.25) is 0 Å². The van der Waals surface area contributed by atoms with Crippen LogP contribution in [0.4, 0.5) is 0 Å². The van der Waals surface area contributed by atoms with Crippen molar-refractivity contribution >= 4 is 16.8 Å². The van der Waals surface area contributed by atoms with Crippen LogP contribution in [-0.4, -0.2) is 17.0 Å². The lowest BCUT2D eigenvalue weighted by Crippen LogP contribution is -2.25. The molecule has 0 atom stereocenters. The van der Waals surface area contributed by atoms with E-state index in [4.69, 9.17) is 0 Å². The lowest BCUT2D eigenvalue weighted by atomic mass is 10.1. The molecule has 2 aromatic carbocycles. The Morgan fingerprint density at radius 1 is 1.04 bits per heavy atom. The van der Waals surface area contributed by atoms with Crippen LogP contribution in [0.15, 0.2) is 54.7 Å². The molecule has 1 heterocycles. The first-order valence-electron chi connectivity index (χ1n) is 8.04. The third kappa shape index (κ3) is 3.45. The van der Waals surface area contributed by atoms with Crippen molar-refractivity contribution < 1.29 is 4.79 Å². The van der Waals surface area contributed by atoms with Crippen LogP contribution < -0.4 is 5.32 Å². The molecule has 0 aliphatic heterocycles. The van der Waals surface area contributed by atoms with E-state index in [1.165, 1.54) is 16.5 Å². The minimum atomic E-state index is 0.00506. The molecule has 3 heteroatoms. The summed E-state index contributed by atoms with van der Waals surface area (Å²) < 4.78 is 2.23. The van der Waals surface area contributed by atoms with Crippen molar-refractivity contribution in [2.24, 2.45) is 0 Å². The second kappa shape index (κ2) is 6.69. The van der Waals surface area contributed by atoms with Crippen LogP contribution in [0.1, 0.15) is 27.9 Å². The highest BCUT2D eigenvalue weighted by molar-refractivity contribution is 5.94. The summed E-state index contributed by atoms with van der Waals surface area (Å²) in [6.07, 6.45) is 3.02. The monoisotopic (exact) mass is 306 g/mol. The fraction of sp³-hybridized carbons (Fsp3) is 0.250. The molecule has 0 saturated heterocycles. The van der Waals surface area contributed by atoms with E-state index >= 15 is 0 Å². The van der Waals surface area contributed by atoms with Gasteiger partial charge in [0.25, 0.3) is 5.91 Å². The highest BCUT2D eigenvalue weighted by atomic mass is 16.1. The number of rotatable bonds is 5. The molecule has 3 nitrogen and oxygen atoms in total. The number of fused-ring (bicyclic) bond motifs is 1. The summed E-state index contributed by atoms with van der Waals surface area (Å²) in [6.45, 7) is 5.67. The number of carbonyl (C=O) groups excluding carboxylic acids is 1. The third-order valence-electron chi connectivity index (χ3n) is 4.31. The molecular weight excluding hydrogens is 284 g/mol. The SMILES string of the molecule is Cc1ccc(C(=O)NCCCn2ccc3ccccc32)cc1C. The van der Waals surface area contributed by atoms with Gasteiger partial charge in [0, 0.05) is 30.4 Å². The Bertz CT molecular complexity index is 833. The molecule has 0 fully saturated rings. The van der Waals surface area contributed by atoms with Crippen molar-refractivity contribution in [1.82, 2.24) is 9.88 Å². The van der Waals surface area contributed by atoms with E-state index in [1.807, 2.05) is 25.1 Å². The van der Waals surface area contributed by atoms with Crippen LogP contribution in [0, 0.1) is 13.8 Å². The quantitative estimate of drug-likeness (QED) is 0.708. The first-order chi connectivity index (χ1) is 11.1. The molecule has 1 aromatic heterocycles. The maximum atomic E-state index is 12.2. The molecule has 0 unspecified atom stereocenters. The topological polar surface area (TPSA) is 34.0 Å². The first kappa shape index (κ1) is 15.3. The second-order valence-electron chi connectivity index (χ2n) is 5.98. The Kier molecular flexibility index (Phi) is 4.47. The number of para-hydroxylation sites is 1. The van der Waals surface area contributed by atoms with Gasteiger partial charge >= 0.3 is 0 Å². The van der Waals surface area contributed by atoms with Crippen molar-refractivity contribution in [3.05, 3.63) is 71.4 Å². The zero-order valence-corrected chi connectivity index (χ0v) is 13.7. The Morgan fingerprint density at radius 3 is 2.70 bits per heavy atom. The first-order valence-corrected chi connectivity index (χ1v) is 8.04. The van der Waals surface area contributed by atoms with E-state index in [0.717, 1.165) is 24.1 Å². The van der Waals surface area contributed by atoms with Gasteiger partial charge < -0.3 is 9.88 Å². The Balaban J connectivity index is 1.53. The number of nitrogens with one attached hydrogen (secondary N) is 1. The third-order valence-corrected chi connectivity index (χ3v) is 4.31. The number of benzene rings is 2. The van der Waals surface area contributed by atoms with Crippen LogP contribution in [0.5, 0.6) is 0 Å². The van der Waals surface area contributed by atoms with Gasteiger partial charge in [0.15, 0.2) is 0 Å². The van der Waals surface area contributed by atoms with E-state index in [9.17, 15) is 4.79 Å². The lowest BCUT2D eigenvalue weighted by Gasteiger charge is -2.08. The number of carbonyl (C=O) groups is 1. The van der Waals surface area contributed by atoms with Gasteiger partial charge in [-0.1, -0.05) is 24.3 Å². The van der Waals surface area contributed by atoms with Crippen LogP contribution >= 0.6 is 0 Å². The van der Waals surface area contributed by atoms with E-state index in [1.54, 1.807) is 0 Å². The summed E-state index contributed by atoms with van der Waals surface area (Å²) in [7, 11) is 0. The minimum absolute atomic E-state index is 0.00506. The predicted octanol–water partition coefficient (Wildman–Crippen LogP) is 4.08. The van der Waals surface area contributed by atoms with Gasteiger partial charge in [-0.25, -0.2) is 0 Å². The highest BCUT2D eigenvalue weighted by Gasteiger charge is 2.06. The molecule has 3 rings (SSSR count). The number of amides is 1. The van der Waals surface area contributed by atoms with Gasteiger partial charge in [0.1, 0.15) is 0 Å². The predicted molar refractivity (Wildman–Crippen MR) is 94.8 cm³/mol. The molecule has 1 N–H and O–H groups in total. The average Bonchev–Trinajstić information content (AvgIpc) is 2.97. The van der Waals surface area contributed by atoms with E-state index in [2.05, 4.69) is 53.3 Å². The molecule has 0 radical (unpaired) electrons. The van der Waals surface area contributed by atoms with Crippen molar-refractivity contribution in [2.45, 2.75) is 26.8 Å². The molecule has 1 amide bonds. The summed E-state index contributed by atoms with van der Waals surface area (Å²) in [4.78, 5) is 12.2. The molecule has 0 spiro atoms. The molecule has 118 valence electrons. The zero-order valence-electron chi connectivity index (χ0n) is 13.7. The van der Waals surface area contributed by atoms with Gasteiger partial charge in [-0.15, -0.1) is 0 Å². The smallest absolute Gasteiger partial charge is 0.251 e.